The number of nitrogens with one attached hydrogen (secondary N) is 1. The van der Waals surface area contributed by atoms with E-state index >= 15 is 0 Å². The van der Waals surface area contributed by atoms with Crippen LogP contribution in [0.5, 0.6) is 5.75 Å². The number of sulfonamides is 1. The van der Waals surface area contributed by atoms with Crippen molar-refractivity contribution in [2.75, 3.05) is 27.2 Å². The van der Waals surface area contributed by atoms with E-state index in [4.69, 9.17) is 4.74 Å². The number of hydrogen-bond acceptors (Lipinski definition) is 4. The van der Waals surface area contributed by atoms with Gasteiger partial charge in [0.05, 0.1) is 11.5 Å². The van der Waals surface area contributed by atoms with Gasteiger partial charge in [-0.3, -0.25) is 4.79 Å². The average molecular weight is 380 g/mol. The van der Waals surface area contributed by atoms with Gasteiger partial charge in [0.2, 0.25) is 10.0 Å². The van der Waals surface area contributed by atoms with Gasteiger partial charge in [-0.25, -0.2) is 17.1 Å². The molecule has 0 heterocycles. The van der Waals surface area contributed by atoms with Crippen molar-refractivity contribution in [1.29, 1.82) is 0 Å². The van der Waals surface area contributed by atoms with Gasteiger partial charge in [-0.05, 0) is 48.9 Å². The van der Waals surface area contributed by atoms with Gasteiger partial charge < -0.3 is 10.1 Å². The van der Waals surface area contributed by atoms with Gasteiger partial charge in [-0.15, -0.1) is 0 Å². The molecule has 0 aliphatic carbocycles. The molecule has 1 amide bonds. The van der Waals surface area contributed by atoms with E-state index in [0.29, 0.717) is 25.3 Å². The van der Waals surface area contributed by atoms with Crippen molar-refractivity contribution < 1.29 is 22.3 Å². The number of carbonyl (C=O) groups excluding carboxylic acids is 1. The molecule has 2 rings (SSSR count). The molecule has 0 aliphatic rings. The summed E-state index contributed by atoms with van der Waals surface area (Å²) in [4.78, 5) is 12.2. The van der Waals surface area contributed by atoms with E-state index in [9.17, 15) is 17.6 Å². The summed E-state index contributed by atoms with van der Waals surface area (Å²) in [5, 5.41) is 2.71. The van der Waals surface area contributed by atoms with E-state index in [-0.39, 0.29) is 22.2 Å². The Labute approximate surface area is 152 Å². The molecular formula is C18H21FN2O4S. The molecule has 0 bridgehead atoms. The van der Waals surface area contributed by atoms with Crippen molar-refractivity contribution in [1.82, 2.24) is 9.62 Å². The lowest BCUT2D eigenvalue weighted by Gasteiger charge is -2.12. The van der Waals surface area contributed by atoms with Crippen molar-refractivity contribution in [3.8, 4) is 5.75 Å². The number of benzene rings is 2. The Hall–Kier alpha value is -2.45. The van der Waals surface area contributed by atoms with Gasteiger partial charge in [0.15, 0.2) is 0 Å². The lowest BCUT2D eigenvalue weighted by atomic mass is 10.2. The normalized spacial score (nSPS) is 11.4. The molecule has 0 atom stereocenters. The van der Waals surface area contributed by atoms with Crippen molar-refractivity contribution >= 4 is 15.9 Å². The number of carbonyl (C=O) groups is 1. The molecule has 2 aromatic carbocycles. The molecule has 1 N–H and O–H groups in total. The van der Waals surface area contributed by atoms with Crippen molar-refractivity contribution in [2.24, 2.45) is 0 Å². The van der Waals surface area contributed by atoms with Crippen LogP contribution in [0.3, 0.4) is 0 Å². The van der Waals surface area contributed by atoms with Gasteiger partial charge in [-0.2, -0.15) is 0 Å². The Morgan fingerprint density at radius 2 is 1.85 bits per heavy atom. The van der Waals surface area contributed by atoms with E-state index in [1.54, 1.807) is 6.07 Å². The average Bonchev–Trinajstić information content (AvgIpc) is 2.62. The smallest absolute Gasteiger partial charge is 0.251 e. The van der Waals surface area contributed by atoms with Gasteiger partial charge in [0.25, 0.3) is 5.91 Å². The van der Waals surface area contributed by atoms with E-state index in [2.05, 4.69) is 5.32 Å². The zero-order chi connectivity index (χ0) is 19.2. The predicted octanol–water partition coefficient (Wildman–Crippen LogP) is 2.27. The number of nitrogens with zero attached hydrogens (tertiary/aromatic N) is 1. The van der Waals surface area contributed by atoms with E-state index in [1.165, 1.54) is 56.6 Å². The zero-order valence-electron chi connectivity index (χ0n) is 14.6. The highest BCUT2D eigenvalue weighted by Crippen LogP contribution is 2.15. The number of hydrogen-bond donors (Lipinski definition) is 1. The second-order valence-corrected chi connectivity index (χ2v) is 7.88. The standard InChI is InChI=1S/C18H21FN2O4S/c1-21(2)26(23,24)17-6-3-5-14(13-17)18(22)20-11-4-12-25-16-9-7-15(19)8-10-16/h3,5-10,13H,4,11-12H2,1-2H3,(H,20,22). The SMILES string of the molecule is CN(C)S(=O)(=O)c1cccc(C(=O)NCCCOc2ccc(F)cc2)c1. The van der Waals surface area contributed by atoms with Crippen LogP contribution in [0.25, 0.3) is 0 Å². The van der Waals surface area contributed by atoms with Crippen LogP contribution in [0.4, 0.5) is 4.39 Å². The summed E-state index contributed by atoms with van der Waals surface area (Å²) >= 11 is 0. The Balaban J connectivity index is 1.83. The van der Waals surface area contributed by atoms with E-state index < -0.39 is 10.0 Å². The van der Waals surface area contributed by atoms with Gasteiger partial charge in [-0.1, -0.05) is 6.07 Å². The predicted molar refractivity (Wildman–Crippen MR) is 96.2 cm³/mol. The molecule has 0 spiro atoms. The molecule has 0 fully saturated rings. The van der Waals surface area contributed by atoms with Gasteiger partial charge >= 0.3 is 0 Å². The molecular weight excluding hydrogens is 359 g/mol. The summed E-state index contributed by atoms with van der Waals surface area (Å²) < 4.78 is 43.5. The molecule has 0 aliphatic heterocycles. The highest BCUT2D eigenvalue weighted by Gasteiger charge is 2.18. The molecule has 2 aromatic rings. The first kappa shape index (κ1) is 19.9. The van der Waals surface area contributed by atoms with Crippen LogP contribution in [0.15, 0.2) is 53.4 Å². The number of amides is 1. The third kappa shape index (κ3) is 5.27. The fourth-order valence-corrected chi connectivity index (χ4v) is 3.05. The molecule has 0 saturated carbocycles. The van der Waals surface area contributed by atoms with Crippen molar-refractivity contribution in [2.45, 2.75) is 11.3 Å². The minimum absolute atomic E-state index is 0.0646. The molecule has 6 nitrogen and oxygen atoms in total. The molecule has 8 heteroatoms. The summed E-state index contributed by atoms with van der Waals surface area (Å²) in [5.74, 6) is -0.134. The first-order chi connectivity index (χ1) is 12.3. The number of halogens is 1. The minimum atomic E-state index is -3.59. The first-order valence-electron chi connectivity index (χ1n) is 8.00. The maximum Gasteiger partial charge on any atom is 0.251 e. The van der Waals surface area contributed by atoms with E-state index in [1.807, 2.05) is 0 Å². The number of rotatable bonds is 8. The Morgan fingerprint density at radius 3 is 2.50 bits per heavy atom. The molecule has 0 saturated heterocycles. The van der Waals surface area contributed by atoms with Crippen LogP contribution in [-0.4, -0.2) is 45.9 Å². The maximum atomic E-state index is 12.8. The lowest BCUT2D eigenvalue weighted by molar-refractivity contribution is 0.0951. The summed E-state index contributed by atoms with van der Waals surface area (Å²) in [6.45, 7) is 0.728. The van der Waals surface area contributed by atoms with Crippen LogP contribution >= 0.6 is 0 Å². The summed E-state index contributed by atoms with van der Waals surface area (Å²) in [6, 6.07) is 11.6. The van der Waals surface area contributed by atoms with Crippen LogP contribution in [0.1, 0.15) is 16.8 Å². The highest BCUT2D eigenvalue weighted by molar-refractivity contribution is 7.89. The first-order valence-corrected chi connectivity index (χ1v) is 9.44. The quantitative estimate of drug-likeness (QED) is 0.713. The summed E-state index contributed by atoms with van der Waals surface area (Å²) in [6.07, 6.45) is 0.554. The fraction of sp³-hybridized carbons (Fsp3) is 0.278. The minimum Gasteiger partial charge on any atom is -0.494 e. The van der Waals surface area contributed by atoms with Crippen LogP contribution in [0, 0.1) is 5.82 Å². The molecule has 0 aromatic heterocycles. The maximum absolute atomic E-state index is 12.8. The molecule has 0 unspecified atom stereocenters. The lowest BCUT2D eigenvalue weighted by Crippen LogP contribution is -2.26. The fourth-order valence-electron chi connectivity index (χ4n) is 2.11. The summed E-state index contributed by atoms with van der Waals surface area (Å²) in [5.41, 5.74) is 0.271. The van der Waals surface area contributed by atoms with Gasteiger partial charge in [0.1, 0.15) is 11.6 Å². The Morgan fingerprint density at radius 1 is 1.15 bits per heavy atom. The van der Waals surface area contributed by atoms with Crippen molar-refractivity contribution in [3.63, 3.8) is 0 Å². The topological polar surface area (TPSA) is 75.7 Å². The number of ether oxygens (including phenoxy) is 1. The largest absolute Gasteiger partial charge is 0.494 e. The second-order valence-electron chi connectivity index (χ2n) is 5.73. The molecule has 0 radical (unpaired) electrons. The highest BCUT2D eigenvalue weighted by atomic mass is 32.2. The zero-order valence-corrected chi connectivity index (χ0v) is 15.4. The summed E-state index contributed by atoms with van der Waals surface area (Å²) in [7, 11) is -0.722. The Bertz CT molecular complexity index is 852. The van der Waals surface area contributed by atoms with Crippen molar-refractivity contribution in [3.05, 3.63) is 59.9 Å². The third-order valence-corrected chi connectivity index (χ3v) is 5.37. The van der Waals surface area contributed by atoms with E-state index in [0.717, 1.165) is 4.31 Å². The molecule has 26 heavy (non-hydrogen) atoms. The Kier molecular flexibility index (Phi) is 6.70. The third-order valence-electron chi connectivity index (χ3n) is 3.56. The molecule has 140 valence electrons. The van der Waals surface area contributed by atoms with Crippen LogP contribution in [0.2, 0.25) is 0 Å². The second kappa shape index (κ2) is 8.77. The van der Waals surface area contributed by atoms with Crippen LogP contribution in [-0.2, 0) is 10.0 Å². The van der Waals surface area contributed by atoms with Gasteiger partial charge in [0, 0.05) is 26.2 Å². The monoisotopic (exact) mass is 380 g/mol. The van der Waals surface area contributed by atoms with Crippen LogP contribution < -0.4 is 10.1 Å².